The van der Waals surface area contributed by atoms with Crippen LogP contribution in [0.4, 0.5) is 0 Å². The summed E-state index contributed by atoms with van der Waals surface area (Å²) in [7, 11) is 0. The quantitative estimate of drug-likeness (QED) is 0.774. The minimum absolute atomic E-state index is 0.144. The third-order valence-corrected chi connectivity index (χ3v) is 3.52. The van der Waals surface area contributed by atoms with E-state index in [1.165, 1.54) is 32.1 Å². The first kappa shape index (κ1) is 13.5. The molecule has 0 radical (unpaired) electrons. The summed E-state index contributed by atoms with van der Waals surface area (Å²) in [6, 6.07) is 2.95. The number of hydrogen-bond acceptors (Lipinski definition) is 2. The fraction of sp³-hybridized carbons (Fsp3) is 0.929. The molecule has 0 aliphatic heterocycles. The predicted molar refractivity (Wildman–Crippen MR) is 68.0 cm³/mol. The van der Waals surface area contributed by atoms with Crippen molar-refractivity contribution in [3.63, 3.8) is 0 Å². The van der Waals surface area contributed by atoms with E-state index in [0.717, 1.165) is 18.4 Å². The lowest BCUT2D eigenvalue weighted by Crippen LogP contribution is -2.36. The molecule has 2 heteroatoms. The van der Waals surface area contributed by atoms with E-state index in [9.17, 15) is 0 Å². The van der Waals surface area contributed by atoms with Gasteiger partial charge in [-0.2, -0.15) is 5.26 Å². The van der Waals surface area contributed by atoms with Crippen molar-refractivity contribution in [1.29, 1.82) is 5.26 Å². The van der Waals surface area contributed by atoms with Gasteiger partial charge in [0.15, 0.2) is 0 Å². The van der Waals surface area contributed by atoms with Crippen LogP contribution in [0.2, 0.25) is 0 Å². The Kier molecular flexibility index (Phi) is 5.84. The van der Waals surface area contributed by atoms with Gasteiger partial charge in [0, 0.05) is 12.6 Å². The smallest absolute Gasteiger partial charge is 0.0666 e. The Labute approximate surface area is 100 Å². The van der Waals surface area contributed by atoms with Crippen molar-refractivity contribution in [1.82, 2.24) is 5.32 Å². The van der Waals surface area contributed by atoms with Crippen molar-refractivity contribution in [3.05, 3.63) is 0 Å². The largest absolute Gasteiger partial charge is 0.313 e. The van der Waals surface area contributed by atoms with Crippen LogP contribution in [0.1, 0.15) is 52.9 Å². The summed E-state index contributed by atoms with van der Waals surface area (Å²) < 4.78 is 0. The van der Waals surface area contributed by atoms with Gasteiger partial charge < -0.3 is 5.32 Å². The molecule has 1 aliphatic rings. The van der Waals surface area contributed by atoms with Crippen LogP contribution < -0.4 is 5.32 Å². The zero-order chi connectivity index (χ0) is 12.0. The maximum absolute atomic E-state index is 8.75. The number of hydrogen-bond donors (Lipinski definition) is 1. The molecular formula is C14H26N2. The van der Waals surface area contributed by atoms with Gasteiger partial charge in [-0.3, -0.25) is 0 Å². The van der Waals surface area contributed by atoms with Crippen molar-refractivity contribution in [2.45, 2.75) is 58.9 Å². The molecule has 1 fully saturated rings. The lowest BCUT2D eigenvalue weighted by Gasteiger charge is -2.31. The Morgan fingerprint density at radius 1 is 1.31 bits per heavy atom. The first-order chi connectivity index (χ1) is 7.61. The van der Waals surface area contributed by atoms with Crippen molar-refractivity contribution in [2.24, 2.45) is 17.8 Å². The number of rotatable bonds is 5. The number of nitrogens with zero attached hydrogens (tertiary/aromatic N) is 1. The first-order valence-electron chi connectivity index (χ1n) is 6.74. The normalized spacial score (nSPS) is 27.7. The van der Waals surface area contributed by atoms with Crippen LogP contribution in [0.3, 0.4) is 0 Å². The van der Waals surface area contributed by atoms with E-state index in [1.807, 2.05) is 6.92 Å². The van der Waals surface area contributed by atoms with Crippen molar-refractivity contribution in [2.75, 3.05) is 6.54 Å². The molecule has 0 spiro atoms. The van der Waals surface area contributed by atoms with E-state index in [2.05, 4.69) is 25.2 Å². The zero-order valence-corrected chi connectivity index (χ0v) is 11.0. The Hall–Kier alpha value is -0.550. The molecule has 0 aromatic rings. The van der Waals surface area contributed by atoms with Crippen LogP contribution >= 0.6 is 0 Å². The molecule has 1 N–H and O–H groups in total. The van der Waals surface area contributed by atoms with E-state index in [1.54, 1.807) is 0 Å². The molecule has 0 heterocycles. The van der Waals surface area contributed by atoms with Crippen LogP contribution in [-0.2, 0) is 0 Å². The highest BCUT2D eigenvalue weighted by Crippen LogP contribution is 2.29. The third kappa shape index (κ3) is 4.99. The molecule has 3 atom stereocenters. The Balaban J connectivity index is 2.25. The summed E-state index contributed by atoms with van der Waals surface area (Å²) in [6.45, 7) is 7.47. The van der Waals surface area contributed by atoms with Crippen LogP contribution in [0.25, 0.3) is 0 Å². The van der Waals surface area contributed by atoms with Gasteiger partial charge in [-0.1, -0.05) is 26.7 Å². The van der Waals surface area contributed by atoms with Crippen LogP contribution in [0, 0.1) is 29.1 Å². The standard InChI is InChI=1S/C14H26N2/c1-11(2)7-13-5-4-6-14(8-13)16-10-12(3)9-15/h11-14,16H,4-8,10H2,1-3H3. The first-order valence-corrected chi connectivity index (χ1v) is 6.74. The summed E-state index contributed by atoms with van der Waals surface area (Å²) in [6.07, 6.45) is 6.75. The molecule has 16 heavy (non-hydrogen) atoms. The second kappa shape index (κ2) is 6.91. The van der Waals surface area contributed by atoms with Gasteiger partial charge in [0.05, 0.1) is 12.0 Å². The minimum atomic E-state index is 0.144. The fourth-order valence-electron chi connectivity index (χ4n) is 2.75. The number of nitriles is 1. The molecule has 0 saturated heterocycles. The minimum Gasteiger partial charge on any atom is -0.313 e. The van der Waals surface area contributed by atoms with E-state index in [0.29, 0.717) is 6.04 Å². The molecular weight excluding hydrogens is 196 g/mol. The van der Waals surface area contributed by atoms with E-state index < -0.39 is 0 Å². The van der Waals surface area contributed by atoms with E-state index in [4.69, 9.17) is 5.26 Å². The molecule has 1 aliphatic carbocycles. The Morgan fingerprint density at radius 3 is 2.69 bits per heavy atom. The Morgan fingerprint density at radius 2 is 2.06 bits per heavy atom. The van der Waals surface area contributed by atoms with Gasteiger partial charge in [0.1, 0.15) is 0 Å². The second-order valence-corrected chi connectivity index (χ2v) is 5.80. The molecule has 92 valence electrons. The van der Waals surface area contributed by atoms with Crippen LogP contribution in [0.5, 0.6) is 0 Å². The van der Waals surface area contributed by atoms with Gasteiger partial charge in [-0.05, 0) is 38.0 Å². The molecule has 0 amide bonds. The summed E-state index contributed by atoms with van der Waals surface area (Å²) >= 11 is 0. The summed E-state index contributed by atoms with van der Waals surface area (Å²) in [5, 5.41) is 12.3. The van der Waals surface area contributed by atoms with Crippen molar-refractivity contribution < 1.29 is 0 Å². The summed E-state index contributed by atoms with van der Waals surface area (Å²) in [4.78, 5) is 0. The van der Waals surface area contributed by atoms with Crippen LogP contribution in [-0.4, -0.2) is 12.6 Å². The highest BCUT2D eigenvalue weighted by molar-refractivity contribution is 4.84. The van der Waals surface area contributed by atoms with Crippen molar-refractivity contribution in [3.8, 4) is 6.07 Å². The lowest BCUT2D eigenvalue weighted by atomic mass is 9.81. The summed E-state index contributed by atoms with van der Waals surface area (Å²) in [5.74, 6) is 1.87. The molecule has 1 saturated carbocycles. The van der Waals surface area contributed by atoms with E-state index in [-0.39, 0.29) is 5.92 Å². The van der Waals surface area contributed by atoms with Gasteiger partial charge in [-0.15, -0.1) is 0 Å². The summed E-state index contributed by atoms with van der Waals surface area (Å²) in [5.41, 5.74) is 0. The van der Waals surface area contributed by atoms with Gasteiger partial charge in [0.2, 0.25) is 0 Å². The van der Waals surface area contributed by atoms with Crippen LogP contribution in [0.15, 0.2) is 0 Å². The van der Waals surface area contributed by atoms with Gasteiger partial charge in [0.25, 0.3) is 0 Å². The molecule has 0 bridgehead atoms. The molecule has 2 nitrogen and oxygen atoms in total. The van der Waals surface area contributed by atoms with Gasteiger partial charge >= 0.3 is 0 Å². The molecule has 0 aromatic carbocycles. The zero-order valence-electron chi connectivity index (χ0n) is 11.0. The van der Waals surface area contributed by atoms with Gasteiger partial charge in [-0.25, -0.2) is 0 Å². The topological polar surface area (TPSA) is 35.8 Å². The monoisotopic (exact) mass is 222 g/mol. The van der Waals surface area contributed by atoms with E-state index >= 15 is 0 Å². The number of nitrogens with one attached hydrogen (secondary N) is 1. The predicted octanol–water partition coefficient (Wildman–Crippen LogP) is 3.34. The highest BCUT2D eigenvalue weighted by Gasteiger charge is 2.22. The average Bonchev–Trinajstić information content (AvgIpc) is 2.25. The highest BCUT2D eigenvalue weighted by atomic mass is 14.9. The Bertz CT molecular complexity index is 229. The second-order valence-electron chi connectivity index (χ2n) is 5.80. The fourth-order valence-corrected chi connectivity index (χ4v) is 2.75. The molecule has 3 unspecified atom stereocenters. The molecule has 1 rings (SSSR count). The maximum Gasteiger partial charge on any atom is 0.0666 e. The third-order valence-electron chi connectivity index (χ3n) is 3.52. The lowest BCUT2D eigenvalue weighted by molar-refractivity contribution is 0.250. The molecule has 0 aromatic heterocycles. The average molecular weight is 222 g/mol. The van der Waals surface area contributed by atoms with Crippen molar-refractivity contribution >= 4 is 0 Å². The SMILES string of the molecule is CC(C)CC1CCCC(NCC(C)C#N)C1. The maximum atomic E-state index is 8.75.